The second kappa shape index (κ2) is 6.71. The molecule has 0 aromatic heterocycles. The van der Waals surface area contributed by atoms with E-state index in [0.717, 1.165) is 24.6 Å². The minimum Gasteiger partial charge on any atom is -0.377 e. The summed E-state index contributed by atoms with van der Waals surface area (Å²) in [4.78, 5) is 2.30. The number of nitrogens with two attached hydrogens (primary N) is 1. The van der Waals surface area contributed by atoms with Gasteiger partial charge in [-0.15, -0.1) is 0 Å². The van der Waals surface area contributed by atoms with Gasteiger partial charge in [-0.3, -0.25) is 4.90 Å². The maximum Gasteiger partial charge on any atom is 0.0702 e. The third-order valence-electron chi connectivity index (χ3n) is 3.70. The van der Waals surface area contributed by atoms with Gasteiger partial charge in [0.2, 0.25) is 0 Å². The van der Waals surface area contributed by atoms with Gasteiger partial charge >= 0.3 is 0 Å². The molecule has 1 saturated heterocycles. The van der Waals surface area contributed by atoms with Crippen LogP contribution in [0.15, 0.2) is 24.3 Å². The van der Waals surface area contributed by atoms with Crippen molar-refractivity contribution in [1.82, 2.24) is 4.90 Å². The number of hydrogen-bond acceptors (Lipinski definition) is 3. The highest BCUT2D eigenvalue weighted by atomic mass is 35.5. The molecule has 19 heavy (non-hydrogen) atoms. The van der Waals surface area contributed by atoms with Crippen molar-refractivity contribution in [2.24, 2.45) is 5.73 Å². The van der Waals surface area contributed by atoms with Crippen LogP contribution in [0.2, 0.25) is 5.02 Å². The van der Waals surface area contributed by atoms with Crippen LogP contribution < -0.4 is 5.73 Å². The van der Waals surface area contributed by atoms with Crippen molar-refractivity contribution >= 4 is 11.6 Å². The molecule has 4 heteroatoms. The molecule has 0 amide bonds. The molecule has 1 aromatic rings. The first-order valence-electron chi connectivity index (χ1n) is 6.91. The molecule has 3 unspecified atom stereocenters. The first kappa shape index (κ1) is 14.8. The summed E-state index contributed by atoms with van der Waals surface area (Å²) >= 11 is 5.95. The van der Waals surface area contributed by atoms with Gasteiger partial charge in [0.1, 0.15) is 0 Å². The van der Waals surface area contributed by atoms with Crippen LogP contribution in [-0.4, -0.2) is 37.2 Å². The number of hydrogen-bond donors (Lipinski definition) is 1. The van der Waals surface area contributed by atoms with Gasteiger partial charge in [-0.1, -0.05) is 23.7 Å². The third-order valence-corrected chi connectivity index (χ3v) is 3.95. The molecule has 0 saturated carbocycles. The summed E-state index contributed by atoms with van der Waals surface area (Å²) in [6, 6.07) is 8.22. The molecule has 0 radical (unpaired) electrons. The highest BCUT2D eigenvalue weighted by Crippen LogP contribution is 2.25. The molecule has 0 bridgehead atoms. The van der Waals surface area contributed by atoms with Gasteiger partial charge in [0.15, 0.2) is 0 Å². The van der Waals surface area contributed by atoms with E-state index in [0.29, 0.717) is 6.10 Å². The Labute approximate surface area is 120 Å². The van der Waals surface area contributed by atoms with E-state index in [1.165, 1.54) is 12.0 Å². The Kier molecular flexibility index (Phi) is 5.22. The molecule has 3 nitrogen and oxygen atoms in total. The van der Waals surface area contributed by atoms with E-state index in [2.05, 4.69) is 24.1 Å². The smallest absolute Gasteiger partial charge is 0.0702 e. The minimum absolute atomic E-state index is 0.0626. The highest BCUT2D eigenvalue weighted by molar-refractivity contribution is 6.30. The SMILES string of the molecule is CC(N)C(c1ccc(Cl)cc1)N(C)CC1CCCO1. The molecule has 3 atom stereocenters. The maximum atomic E-state index is 6.17. The van der Waals surface area contributed by atoms with Gasteiger partial charge in [-0.25, -0.2) is 0 Å². The molecule has 2 rings (SSSR count). The summed E-state index contributed by atoms with van der Waals surface area (Å²) in [7, 11) is 2.12. The van der Waals surface area contributed by atoms with E-state index in [1.807, 2.05) is 19.1 Å². The summed E-state index contributed by atoms with van der Waals surface area (Å²) in [6.45, 7) is 3.86. The van der Waals surface area contributed by atoms with Crippen LogP contribution in [-0.2, 0) is 4.74 Å². The van der Waals surface area contributed by atoms with Gasteiger partial charge in [-0.05, 0) is 44.5 Å². The molecule has 1 aliphatic heterocycles. The summed E-state index contributed by atoms with van der Waals surface area (Å²) in [5.74, 6) is 0. The Hall–Kier alpha value is -0.610. The van der Waals surface area contributed by atoms with Crippen molar-refractivity contribution in [2.75, 3.05) is 20.2 Å². The third kappa shape index (κ3) is 3.93. The average Bonchev–Trinajstić information content (AvgIpc) is 2.84. The lowest BCUT2D eigenvalue weighted by Gasteiger charge is -2.33. The van der Waals surface area contributed by atoms with E-state index < -0.39 is 0 Å². The van der Waals surface area contributed by atoms with Crippen molar-refractivity contribution in [3.05, 3.63) is 34.9 Å². The van der Waals surface area contributed by atoms with E-state index in [9.17, 15) is 0 Å². The molecule has 2 N–H and O–H groups in total. The zero-order chi connectivity index (χ0) is 13.8. The Morgan fingerprint density at radius 3 is 2.63 bits per heavy atom. The zero-order valence-corrected chi connectivity index (χ0v) is 12.4. The molecular weight excluding hydrogens is 260 g/mol. The molecule has 0 aliphatic carbocycles. The van der Waals surface area contributed by atoms with Crippen molar-refractivity contribution in [3.8, 4) is 0 Å². The van der Waals surface area contributed by atoms with Crippen molar-refractivity contribution in [2.45, 2.75) is 38.0 Å². The van der Waals surface area contributed by atoms with Gasteiger partial charge in [0, 0.05) is 30.3 Å². The quantitative estimate of drug-likeness (QED) is 0.902. The number of rotatable bonds is 5. The molecule has 106 valence electrons. The maximum absolute atomic E-state index is 6.17. The van der Waals surface area contributed by atoms with Gasteiger partial charge < -0.3 is 10.5 Å². The van der Waals surface area contributed by atoms with Crippen LogP contribution in [0.3, 0.4) is 0 Å². The Morgan fingerprint density at radius 1 is 1.42 bits per heavy atom. The Morgan fingerprint density at radius 2 is 2.11 bits per heavy atom. The van der Waals surface area contributed by atoms with Crippen LogP contribution in [0.4, 0.5) is 0 Å². The van der Waals surface area contributed by atoms with Crippen LogP contribution >= 0.6 is 11.6 Å². The standard InChI is InChI=1S/C15H23ClN2O/c1-11(17)15(12-5-7-13(16)8-6-12)18(2)10-14-4-3-9-19-14/h5-8,11,14-15H,3-4,9-10,17H2,1-2H3. The lowest BCUT2D eigenvalue weighted by Crippen LogP contribution is -2.40. The van der Waals surface area contributed by atoms with E-state index in [-0.39, 0.29) is 12.1 Å². The average molecular weight is 283 g/mol. The monoisotopic (exact) mass is 282 g/mol. The van der Waals surface area contributed by atoms with Crippen molar-refractivity contribution in [3.63, 3.8) is 0 Å². The fraction of sp³-hybridized carbons (Fsp3) is 0.600. The second-order valence-electron chi connectivity index (χ2n) is 5.43. The number of halogens is 1. The number of ether oxygens (including phenoxy) is 1. The minimum atomic E-state index is 0.0626. The van der Waals surface area contributed by atoms with E-state index >= 15 is 0 Å². The molecular formula is C15H23ClN2O. The molecule has 1 aliphatic rings. The Balaban J connectivity index is 2.07. The second-order valence-corrected chi connectivity index (χ2v) is 5.87. The summed E-state index contributed by atoms with van der Waals surface area (Å²) in [6.07, 6.45) is 2.66. The van der Waals surface area contributed by atoms with E-state index in [4.69, 9.17) is 22.1 Å². The fourth-order valence-electron chi connectivity index (χ4n) is 2.84. The molecule has 1 fully saturated rings. The molecule has 0 spiro atoms. The van der Waals surface area contributed by atoms with Gasteiger partial charge in [0.25, 0.3) is 0 Å². The number of nitrogens with zero attached hydrogens (tertiary/aromatic N) is 1. The zero-order valence-electron chi connectivity index (χ0n) is 11.7. The topological polar surface area (TPSA) is 38.5 Å². The van der Waals surface area contributed by atoms with Crippen LogP contribution in [0.5, 0.6) is 0 Å². The fourth-order valence-corrected chi connectivity index (χ4v) is 2.97. The molecule has 1 heterocycles. The molecule has 1 aromatic carbocycles. The predicted octanol–water partition coefficient (Wildman–Crippen LogP) is 2.84. The lowest BCUT2D eigenvalue weighted by atomic mass is 9.99. The van der Waals surface area contributed by atoms with Crippen LogP contribution in [0, 0.1) is 0 Å². The first-order chi connectivity index (χ1) is 9.08. The van der Waals surface area contributed by atoms with Gasteiger partial charge in [0.05, 0.1) is 6.10 Å². The highest BCUT2D eigenvalue weighted by Gasteiger charge is 2.25. The van der Waals surface area contributed by atoms with Crippen LogP contribution in [0.1, 0.15) is 31.4 Å². The number of benzene rings is 1. The van der Waals surface area contributed by atoms with Crippen molar-refractivity contribution < 1.29 is 4.74 Å². The number of likely N-dealkylation sites (N-methyl/N-ethyl adjacent to an activating group) is 1. The summed E-state index contributed by atoms with van der Waals surface area (Å²) in [5.41, 5.74) is 7.37. The normalized spacial score (nSPS) is 22.7. The van der Waals surface area contributed by atoms with Crippen molar-refractivity contribution in [1.29, 1.82) is 0 Å². The first-order valence-corrected chi connectivity index (χ1v) is 7.28. The largest absolute Gasteiger partial charge is 0.377 e. The van der Waals surface area contributed by atoms with Gasteiger partial charge in [-0.2, -0.15) is 0 Å². The van der Waals surface area contributed by atoms with E-state index in [1.54, 1.807) is 0 Å². The van der Waals surface area contributed by atoms with Crippen LogP contribution in [0.25, 0.3) is 0 Å². The lowest BCUT2D eigenvalue weighted by molar-refractivity contribution is 0.0642. The Bertz CT molecular complexity index is 388. The predicted molar refractivity (Wildman–Crippen MR) is 79.4 cm³/mol. The summed E-state index contributed by atoms with van der Waals surface area (Å²) in [5, 5.41) is 0.758. The summed E-state index contributed by atoms with van der Waals surface area (Å²) < 4.78 is 5.70.